The summed E-state index contributed by atoms with van der Waals surface area (Å²) in [7, 11) is -2.87. The molecule has 0 bridgehead atoms. The number of benzene rings is 1. The first kappa shape index (κ1) is 14.1. The largest absolute Gasteiger partial charge is 0.346 e. The molecule has 1 aromatic carbocycles. The summed E-state index contributed by atoms with van der Waals surface area (Å²) in [4.78, 5) is 0. The Kier molecular flexibility index (Phi) is 4.27. The Hall–Kier alpha value is -1.33. The summed E-state index contributed by atoms with van der Waals surface area (Å²) >= 11 is 0. The van der Waals surface area contributed by atoms with Crippen molar-refractivity contribution in [3.05, 3.63) is 36.0 Å². The topological polar surface area (TPSA) is 51.1 Å². The molecule has 4 nitrogen and oxygen atoms in total. The summed E-state index contributed by atoms with van der Waals surface area (Å²) in [6, 6.07) is 8.51. The number of rotatable bonds is 6. The highest BCUT2D eigenvalue weighted by Crippen LogP contribution is 2.16. The van der Waals surface area contributed by atoms with Crippen molar-refractivity contribution in [2.45, 2.75) is 13.5 Å². The van der Waals surface area contributed by atoms with Crippen LogP contribution in [0.2, 0.25) is 0 Å². The van der Waals surface area contributed by atoms with Gasteiger partial charge in [0.1, 0.15) is 9.84 Å². The van der Waals surface area contributed by atoms with Gasteiger partial charge in [-0.3, -0.25) is 0 Å². The molecule has 1 heterocycles. The minimum atomic E-state index is -2.87. The summed E-state index contributed by atoms with van der Waals surface area (Å²) in [5.41, 5.74) is 2.47. The van der Waals surface area contributed by atoms with E-state index in [4.69, 9.17) is 0 Å². The van der Waals surface area contributed by atoms with E-state index in [-0.39, 0.29) is 5.75 Å². The molecule has 0 fully saturated rings. The van der Waals surface area contributed by atoms with Crippen molar-refractivity contribution in [3.63, 3.8) is 0 Å². The third-order valence-corrected chi connectivity index (χ3v) is 4.05. The SMILES string of the molecule is Cc1ccc2ccn(CCNCCS(C)(=O)=O)c2c1. The van der Waals surface area contributed by atoms with Gasteiger partial charge in [-0.2, -0.15) is 0 Å². The molecule has 0 amide bonds. The summed E-state index contributed by atoms with van der Waals surface area (Å²) < 4.78 is 24.2. The average molecular weight is 280 g/mol. The van der Waals surface area contributed by atoms with Crippen LogP contribution in [0.15, 0.2) is 30.5 Å². The second-order valence-electron chi connectivity index (χ2n) is 4.95. The van der Waals surface area contributed by atoms with Crippen LogP contribution < -0.4 is 5.32 Å². The summed E-state index contributed by atoms with van der Waals surface area (Å²) in [5, 5.41) is 4.40. The lowest BCUT2D eigenvalue weighted by Crippen LogP contribution is -2.25. The minimum Gasteiger partial charge on any atom is -0.346 e. The van der Waals surface area contributed by atoms with Gasteiger partial charge in [-0.15, -0.1) is 0 Å². The normalized spacial score (nSPS) is 12.1. The second-order valence-corrected chi connectivity index (χ2v) is 7.21. The monoisotopic (exact) mass is 280 g/mol. The fraction of sp³-hybridized carbons (Fsp3) is 0.429. The molecule has 0 saturated carbocycles. The lowest BCUT2D eigenvalue weighted by atomic mass is 10.2. The lowest BCUT2D eigenvalue weighted by molar-refractivity contribution is 0.589. The molecule has 1 aromatic heterocycles. The van der Waals surface area contributed by atoms with E-state index in [1.165, 1.54) is 22.7 Å². The standard InChI is InChI=1S/C14H20N2O2S/c1-12-3-4-13-5-8-16(14(13)11-12)9-6-15-7-10-19(2,17)18/h3-5,8,11,15H,6-7,9-10H2,1-2H3. The Bertz CT molecular complexity index is 659. The molecule has 0 aliphatic carbocycles. The van der Waals surface area contributed by atoms with Gasteiger partial charge in [0, 0.05) is 37.6 Å². The van der Waals surface area contributed by atoms with Crippen molar-refractivity contribution in [2.24, 2.45) is 0 Å². The molecule has 0 radical (unpaired) electrons. The van der Waals surface area contributed by atoms with E-state index in [1.807, 2.05) is 0 Å². The first-order valence-electron chi connectivity index (χ1n) is 6.40. The Morgan fingerprint density at radius 2 is 2.00 bits per heavy atom. The molecule has 19 heavy (non-hydrogen) atoms. The number of hydrogen-bond donors (Lipinski definition) is 1. The molecule has 0 aliphatic rings. The highest BCUT2D eigenvalue weighted by molar-refractivity contribution is 7.90. The fourth-order valence-corrected chi connectivity index (χ4v) is 2.59. The zero-order chi connectivity index (χ0) is 13.9. The van der Waals surface area contributed by atoms with E-state index in [0.29, 0.717) is 6.54 Å². The van der Waals surface area contributed by atoms with E-state index in [0.717, 1.165) is 13.1 Å². The first-order valence-corrected chi connectivity index (χ1v) is 8.46. The first-order chi connectivity index (χ1) is 8.96. The number of aryl methyl sites for hydroxylation is 1. The predicted molar refractivity (Wildman–Crippen MR) is 79.3 cm³/mol. The van der Waals surface area contributed by atoms with Gasteiger partial charge in [0.15, 0.2) is 0 Å². The summed E-state index contributed by atoms with van der Waals surface area (Å²) in [6.07, 6.45) is 3.33. The van der Waals surface area contributed by atoms with Crippen LogP contribution in [0.1, 0.15) is 5.56 Å². The van der Waals surface area contributed by atoms with Crippen LogP contribution in [-0.4, -0.2) is 38.1 Å². The maximum Gasteiger partial charge on any atom is 0.148 e. The van der Waals surface area contributed by atoms with Crippen molar-refractivity contribution in [1.29, 1.82) is 0 Å². The molecule has 0 atom stereocenters. The number of fused-ring (bicyclic) bond motifs is 1. The molecule has 0 spiro atoms. The molecule has 0 unspecified atom stereocenters. The Balaban J connectivity index is 1.90. The Morgan fingerprint density at radius 1 is 1.21 bits per heavy atom. The number of sulfone groups is 1. The van der Waals surface area contributed by atoms with E-state index in [2.05, 4.69) is 47.3 Å². The van der Waals surface area contributed by atoms with Crippen LogP contribution >= 0.6 is 0 Å². The predicted octanol–water partition coefficient (Wildman–Crippen LogP) is 1.58. The third-order valence-electron chi connectivity index (χ3n) is 3.11. The highest BCUT2D eigenvalue weighted by atomic mass is 32.2. The molecule has 0 aliphatic heterocycles. The van der Waals surface area contributed by atoms with Crippen molar-refractivity contribution in [1.82, 2.24) is 9.88 Å². The van der Waals surface area contributed by atoms with Gasteiger partial charge in [-0.05, 0) is 30.0 Å². The van der Waals surface area contributed by atoms with Gasteiger partial charge >= 0.3 is 0 Å². The Labute approximate surface area is 114 Å². The third kappa shape index (κ3) is 4.08. The number of nitrogens with one attached hydrogen (secondary N) is 1. The van der Waals surface area contributed by atoms with Crippen LogP contribution in [0.3, 0.4) is 0 Å². The maximum absolute atomic E-state index is 11.0. The van der Waals surface area contributed by atoms with Crippen LogP contribution in [0.5, 0.6) is 0 Å². The van der Waals surface area contributed by atoms with Crippen LogP contribution in [-0.2, 0) is 16.4 Å². The van der Waals surface area contributed by atoms with Gasteiger partial charge in [-0.25, -0.2) is 8.42 Å². The van der Waals surface area contributed by atoms with Gasteiger partial charge in [0.25, 0.3) is 0 Å². The molecule has 2 aromatic rings. The van der Waals surface area contributed by atoms with E-state index >= 15 is 0 Å². The van der Waals surface area contributed by atoms with Gasteiger partial charge in [0.2, 0.25) is 0 Å². The summed E-state index contributed by atoms with van der Waals surface area (Å²) in [6.45, 7) is 4.21. The molecular formula is C14H20N2O2S. The number of aromatic nitrogens is 1. The quantitative estimate of drug-likeness (QED) is 0.817. The summed E-state index contributed by atoms with van der Waals surface area (Å²) in [5.74, 6) is 0.193. The van der Waals surface area contributed by atoms with Gasteiger partial charge in [0.05, 0.1) is 5.75 Å². The van der Waals surface area contributed by atoms with Crippen LogP contribution in [0.4, 0.5) is 0 Å². The Morgan fingerprint density at radius 3 is 2.74 bits per heavy atom. The van der Waals surface area contributed by atoms with E-state index in [1.54, 1.807) is 0 Å². The van der Waals surface area contributed by atoms with Crippen molar-refractivity contribution in [2.75, 3.05) is 25.1 Å². The fourth-order valence-electron chi connectivity index (χ4n) is 2.07. The number of nitrogens with zero attached hydrogens (tertiary/aromatic N) is 1. The van der Waals surface area contributed by atoms with Crippen molar-refractivity contribution < 1.29 is 8.42 Å². The van der Waals surface area contributed by atoms with Gasteiger partial charge in [-0.1, -0.05) is 12.1 Å². The average Bonchev–Trinajstić information content (AvgIpc) is 2.70. The smallest absolute Gasteiger partial charge is 0.148 e. The van der Waals surface area contributed by atoms with Crippen LogP contribution in [0, 0.1) is 6.92 Å². The highest BCUT2D eigenvalue weighted by Gasteiger charge is 2.02. The van der Waals surface area contributed by atoms with Crippen LogP contribution in [0.25, 0.3) is 10.9 Å². The maximum atomic E-state index is 11.0. The zero-order valence-electron chi connectivity index (χ0n) is 11.4. The van der Waals surface area contributed by atoms with Gasteiger partial charge < -0.3 is 9.88 Å². The van der Waals surface area contributed by atoms with E-state index in [9.17, 15) is 8.42 Å². The molecule has 104 valence electrons. The second kappa shape index (κ2) is 5.75. The molecular weight excluding hydrogens is 260 g/mol. The van der Waals surface area contributed by atoms with E-state index < -0.39 is 9.84 Å². The number of hydrogen-bond acceptors (Lipinski definition) is 3. The zero-order valence-corrected chi connectivity index (χ0v) is 12.2. The molecule has 0 saturated heterocycles. The minimum absolute atomic E-state index is 0.193. The molecule has 5 heteroatoms. The van der Waals surface area contributed by atoms with Crippen molar-refractivity contribution in [3.8, 4) is 0 Å². The van der Waals surface area contributed by atoms with Crippen molar-refractivity contribution >= 4 is 20.7 Å². The molecule has 1 N–H and O–H groups in total. The lowest BCUT2D eigenvalue weighted by Gasteiger charge is -2.07. The molecule has 2 rings (SSSR count).